The molecule has 1 aromatic heterocycles. The Hall–Kier alpha value is -4.31. The number of aromatic amines is 1. The van der Waals surface area contributed by atoms with Crippen LogP contribution in [0.3, 0.4) is 0 Å². The van der Waals surface area contributed by atoms with Gasteiger partial charge in [-0.3, -0.25) is 9.59 Å². The summed E-state index contributed by atoms with van der Waals surface area (Å²) >= 11 is 6.45. The highest BCUT2D eigenvalue weighted by molar-refractivity contribution is 6.33. The minimum Gasteiger partial charge on any atom is -0.493 e. The van der Waals surface area contributed by atoms with Gasteiger partial charge in [-0.05, 0) is 48.9 Å². The highest BCUT2D eigenvalue weighted by atomic mass is 35.5. The summed E-state index contributed by atoms with van der Waals surface area (Å²) in [5.74, 6) is 0.715. The van der Waals surface area contributed by atoms with E-state index < -0.39 is 0 Å². The number of nitrogens with one attached hydrogen (secondary N) is 3. The van der Waals surface area contributed by atoms with Gasteiger partial charge in [0, 0.05) is 29.8 Å². The molecule has 0 bridgehead atoms. The van der Waals surface area contributed by atoms with Crippen LogP contribution in [0.25, 0.3) is 16.6 Å². The molecule has 0 aliphatic carbocycles. The third-order valence-corrected chi connectivity index (χ3v) is 6.80. The van der Waals surface area contributed by atoms with Crippen LogP contribution in [0.1, 0.15) is 33.9 Å². The third kappa shape index (κ3) is 7.26. The quantitative estimate of drug-likeness (QED) is 0.163. The number of amides is 1. The first-order valence-corrected chi connectivity index (χ1v) is 13.4. The van der Waals surface area contributed by atoms with Crippen LogP contribution in [-0.2, 0) is 4.74 Å². The Bertz CT molecular complexity index is 1590. The number of hydrogen-bond acceptors (Lipinski definition) is 7. The zero-order valence-electron chi connectivity index (χ0n) is 23.0. The molecule has 0 unspecified atom stereocenters. The van der Waals surface area contributed by atoms with Crippen molar-refractivity contribution in [3.05, 3.63) is 105 Å². The first-order chi connectivity index (χ1) is 19.8. The van der Waals surface area contributed by atoms with Gasteiger partial charge >= 0.3 is 0 Å². The van der Waals surface area contributed by atoms with Crippen LogP contribution in [0.4, 0.5) is 5.69 Å². The number of aromatic nitrogens is 1. The molecule has 0 saturated heterocycles. The van der Waals surface area contributed by atoms with E-state index in [1.54, 1.807) is 43.5 Å². The van der Waals surface area contributed by atoms with Crippen molar-refractivity contribution in [1.82, 2.24) is 10.3 Å². The number of rotatable bonds is 13. The lowest BCUT2D eigenvalue weighted by Gasteiger charge is -2.19. The second-order valence-corrected chi connectivity index (χ2v) is 9.66. The molecular weight excluding hydrogens is 544 g/mol. The van der Waals surface area contributed by atoms with Gasteiger partial charge in [0.15, 0.2) is 11.5 Å². The van der Waals surface area contributed by atoms with E-state index in [1.807, 2.05) is 30.3 Å². The average Bonchev–Trinajstić information content (AvgIpc) is 2.98. The second kappa shape index (κ2) is 13.8. The van der Waals surface area contributed by atoms with Crippen LogP contribution in [0, 0.1) is 0 Å². The molecule has 4 rings (SSSR count). The molecule has 214 valence electrons. The Morgan fingerprint density at radius 3 is 2.54 bits per heavy atom. The minimum absolute atomic E-state index is 0.242. The van der Waals surface area contributed by atoms with Gasteiger partial charge in [0.25, 0.3) is 11.5 Å². The summed E-state index contributed by atoms with van der Waals surface area (Å²) in [6, 6.07) is 19.5. The monoisotopic (exact) mass is 576 g/mol. The van der Waals surface area contributed by atoms with Crippen molar-refractivity contribution >= 4 is 39.8 Å². The standard InChI is InChI=1S/C31H33ClN4O5/c1-19(23-15-22-17-29(41-14-13-39-2)28(40-3)18-26(22)36-31(23)38)34-27-16-21(9-10-24(27)32)30(37)35-25(11-12-33)20-7-5-4-6-8-20/h4-10,15-18,25,34H,1,11-14,33H2,2-3H3,(H,35,37)(H,36,38)/t25-/m0/s1. The summed E-state index contributed by atoms with van der Waals surface area (Å²) in [5.41, 5.74) is 8.39. The van der Waals surface area contributed by atoms with Crippen LogP contribution in [0.5, 0.6) is 11.5 Å². The molecule has 0 saturated carbocycles. The topological polar surface area (TPSA) is 128 Å². The van der Waals surface area contributed by atoms with Crippen molar-refractivity contribution in [2.75, 3.05) is 39.3 Å². The van der Waals surface area contributed by atoms with Crippen molar-refractivity contribution in [2.45, 2.75) is 12.5 Å². The highest BCUT2D eigenvalue weighted by Crippen LogP contribution is 2.32. The molecule has 1 atom stereocenters. The normalized spacial score (nSPS) is 11.6. The van der Waals surface area contributed by atoms with Crippen LogP contribution in [0.15, 0.2) is 78.1 Å². The lowest BCUT2D eigenvalue weighted by atomic mass is 10.0. The third-order valence-electron chi connectivity index (χ3n) is 6.48. The Morgan fingerprint density at radius 1 is 1.05 bits per heavy atom. The predicted octanol–water partition coefficient (Wildman–Crippen LogP) is 5.12. The number of nitrogens with two attached hydrogens (primary N) is 1. The van der Waals surface area contributed by atoms with Gasteiger partial charge in [0.05, 0.1) is 41.5 Å². The molecule has 41 heavy (non-hydrogen) atoms. The van der Waals surface area contributed by atoms with Crippen LogP contribution in [-0.4, -0.2) is 44.9 Å². The summed E-state index contributed by atoms with van der Waals surface area (Å²) < 4.78 is 16.3. The maximum absolute atomic E-state index is 13.2. The summed E-state index contributed by atoms with van der Waals surface area (Å²) in [6.45, 7) is 5.22. The molecular formula is C31H33ClN4O5. The molecule has 3 aromatic carbocycles. The van der Waals surface area contributed by atoms with Gasteiger partial charge in [-0.15, -0.1) is 0 Å². The van der Waals surface area contributed by atoms with Gasteiger partial charge in [0.1, 0.15) is 6.61 Å². The van der Waals surface area contributed by atoms with Crippen LogP contribution in [0.2, 0.25) is 5.02 Å². The smallest absolute Gasteiger partial charge is 0.257 e. The molecule has 1 heterocycles. The van der Waals surface area contributed by atoms with Crippen molar-refractivity contribution in [2.24, 2.45) is 5.73 Å². The van der Waals surface area contributed by atoms with Crippen molar-refractivity contribution < 1.29 is 19.0 Å². The fourth-order valence-electron chi connectivity index (χ4n) is 4.35. The van der Waals surface area contributed by atoms with E-state index in [2.05, 4.69) is 22.2 Å². The van der Waals surface area contributed by atoms with E-state index in [4.69, 9.17) is 31.5 Å². The SMILES string of the molecule is C=C(Nc1cc(C(=O)N[C@@H](CCN)c2ccccc2)ccc1Cl)c1cc2cc(OCCOC)c(OC)cc2[nH]c1=O. The summed E-state index contributed by atoms with van der Waals surface area (Å²) in [7, 11) is 3.12. The number of carbonyl (C=O) groups is 1. The molecule has 5 N–H and O–H groups in total. The fourth-order valence-corrected chi connectivity index (χ4v) is 4.52. The van der Waals surface area contributed by atoms with E-state index in [0.29, 0.717) is 76.1 Å². The number of carbonyl (C=O) groups excluding carboxylic acids is 1. The number of methoxy groups -OCH3 is 2. The van der Waals surface area contributed by atoms with Crippen molar-refractivity contribution in [1.29, 1.82) is 0 Å². The van der Waals surface area contributed by atoms with Gasteiger partial charge in [-0.2, -0.15) is 0 Å². The van der Waals surface area contributed by atoms with Gasteiger partial charge in [0.2, 0.25) is 0 Å². The predicted molar refractivity (Wildman–Crippen MR) is 163 cm³/mol. The van der Waals surface area contributed by atoms with Crippen molar-refractivity contribution in [3.63, 3.8) is 0 Å². The largest absolute Gasteiger partial charge is 0.493 e. The minimum atomic E-state index is -0.359. The zero-order valence-corrected chi connectivity index (χ0v) is 23.7. The second-order valence-electron chi connectivity index (χ2n) is 9.26. The van der Waals surface area contributed by atoms with E-state index >= 15 is 0 Å². The van der Waals surface area contributed by atoms with Crippen LogP contribution < -0.4 is 31.4 Å². The van der Waals surface area contributed by atoms with E-state index in [0.717, 1.165) is 5.56 Å². The first-order valence-electron chi connectivity index (χ1n) is 13.0. The highest BCUT2D eigenvalue weighted by Gasteiger charge is 2.17. The average molecular weight is 577 g/mol. The number of pyridine rings is 1. The Kier molecular flexibility index (Phi) is 10.0. The van der Waals surface area contributed by atoms with E-state index in [1.165, 1.54) is 7.11 Å². The van der Waals surface area contributed by atoms with Crippen molar-refractivity contribution in [3.8, 4) is 11.5 Å². The Balaban J connectivity index is 1.57. The van der Waals surface area contributed by atoms with Gasteiger partial charge in [-0.1, -0.05) is 48.5 Å². The molecule has 0 aliphatic rings. The van der Waals surface area contributed by atoms with E-state index in [-0.39, 0.29) is 17.5 Å². The molecule has 9 nitrogen and oxygen atoms in total. The zero-order chi connectivity index (χ0) is 29.4. The molecule has 1 amide bonds. The molecule has 0 fully saturated rings. The van der Waals surface area contributed by atoms with E-state index in [9.17, 15) is 9.59 Å². The molecule has 4 aromatic rings. The number of anilines is 1. The summed E-state index contributed by atoms with van der Waals surface area (Å²) in [6.07, 6.45) is 0.584. The molecule has 0 spiro atoms. The lowest BCUT2D eigenvalue weighted by molar-refractivity contribution is 0.0935. The molecule has 10 heteroatoms. The fraction of sp³-hybridized carbons (Fsp3) is 0.226. The van der Waals surface area contributed by atoms with Gasteiger partial charge < -0.3 is 35.6 Å². The van der Waals surface area contributed by atoms with Crippen LogP contribution >= 0.6 is 11.6 Å². The number of hydrogen-bond donors (Lipinski definition) is 4. The van der Waals surface area contributed by atoms with Gasteiger partial charge in [-0.25, -0.2) is 0 Å². The lowest BCUT2D eigenvalue weighted by Crippen LogP contribution is -2.30. The summed E-state index contributed by atoms with van der Waals surface area (Å²) in [5, 5.41) is 7.22. The Labute approximate surface area is 243 Å². The number of H-pyrrole nitrogens is 1. The number of halogens is 1. The number of fused-ring (bicyclic) bond motifs is 1. The molecule has 0 radical (unpaired) electrons. The number of benzene rings is 3. The Morgan fingerprint density at radius 2 is 1.83 bits per heavy atom. The molecule has 0 aliphatic heterocycles. The summed E-state index contributed by atoms with van der Waals surface area (Å²) in [4.78, 5) is 29.0. The first kappa shape index (κ1) is 29.7. The maximum atomic E-state index is 13.2. The maximum Gasteiger partial charge on any atom is 0.257 e. The number of ether oxygens (including phenoxy) is 3.